The number of anilines is 1. The van der Waals surface area contributed by atoms with E-state index < -0.39 is 32.6 Å². The van der Waals surface area contributed by atoms with E-state index in [1.807, 2.05) is 13.8 Å². The molecule has 2 bridgehead atoms. The molecule has 3 atom stereocenters. The number of alkyl halides is 4. The number of nitrogens with zero attached hydrogens (tertiary/aromatic N) is 3. The highest BCUT2D eigenvalue weighted by Crippen LogP contribution is 2.65. The van der Waals surface area contributed by atoms with Crippen molar-refractivity contribution in [1.82, 2.24) is 9.29 Å². The standard InChI is InChI=1S/C20H25BrF3N3O3S/c1-18(2)14-5-6-19(18,17(28)16(14)21)12-31(29,30)27-9-7-26(8-10-27)15-4-3-13(11-25-15)20(22,23)24/h3-4,11,14,16H,5-10,12H2,1-2H3/t14-,16?,19+/m1/s1. The molecule has 2 aliphatic carbocycles. The summed E-state index contributed by atoms with van der Waals surface area (Å²) in [5.74, 6) is 0.322. The Morgan fingerprint density at radius 3 is 2.32 bits per heavy atom. The van der Waals surface area contributed by atoms with Crippen LogP contribution in [0.3, 0.4) is 0 Å². The molecule has 2 saturated carbocycles. The van der Waals surface area contributed by atoms with Gasteiger partial charge < -0.3 is 4.90 Å². The number of halogens is 4. The Kier molecular flexibility index (Phi) is 5.49. The van der Waals surface area contributed by atoms with Gasteiger partial charge in [-0.05, 0) is 36.3 Å². The van der Waals surface area contributed by atoms with E-state index in [1.54, 1.807) is 4.90 Å². The lowest BCUT2D eigenvalue weighted by Gasteiger charge is -2.39. The van der Waals surface area contributed by atoms with Crippen LogP contribution >= 0.6 is 15.9 Å². The van der Waals surface area contributed by atoms with Crippen molar-refractivity contribution in [3.05, 3.63) is 23.9 Å². The third kappa shape index (κ3) is 3.60. The fourth-order valence-electron chi connectivity index (χ4n) is 5.51. The lowest BCUT2D eigenvalue weighted by atomic mass is 9.70. The second-order valence-electron chi connectivity index (χ2n) is 9.26. The smallest absolute Gasteiger partial charge is 0.354 e. The van der Waals surface area contributed by atoms with E-state index in [1.165, 1.54) is 10.4 Å². The second kappa shape index (κ2) is 7.41. The number of aromatic nitrogens is 1. The molecule has 6 nitrogen and oxygen atoms in total. The first-order valence-corrected chi connectivity index (χ1v) is 12.8. The first-order chi connectivity index (χ1) is 14.3. The maximum absolute atomic E-state index is 13.3. The average molecular weight is 524 g/mol. The predicted molar refractivity (Wildman–Crippen MR) is 113 cm³/mol. The number of sulfonamides is 1. The summed E-state index contributed by atoms with van der Waals surface area (Å²) < 4.78 is 66.1. The van der Waals surface area contributed by atoms with Crippen LogP contribution in [0.5, 0.6) is 0 Å². The van der Waals surface area contributed by atoms with Gasteiger partial charge in [0.1, 0.15) is 5.82 Å². The van der Waals surface area contributed by atoms with Crippen LogP contribution in [0, 0.1) is 16.7 Å². The molecular formula is C20H25BrF3N3O3S. The number of carbonyl (C=O) groups excluding carboxylic acids is 1. The van der Waals surface area contributed by atoms with Gasteiger partial charge in [0, 0.05) is 32.4 Å². The SMILES string of the molecule is CC1(C)[C@@H]2CC[C@]1(CS(=O)(=O)N1CCN(c3ccc(C(F)(F)F)cn3)CC1)C(=O)C2Br. The summed E-state index contributed by atoms with van der Waals surface area (Å²) in [5, 5.41) is 0. The van der Waals surface area contributed by atoms with Crippen LogP contribution in [-0.4, -0.2) is 60.2 Å². The number of pyridine rings is 1. The maximum Gasteiger partial charge on any atom is 0.417 e. The Balaban J connectivity index is 1.45. The van der Waals surface area contributed by atoms with Gasteiger partial charge in [-0.1, -0.05) is 29.8 Å². The van der Waals surface area contributed by atoms with Crippen LogP contribution in [0.25, 0.3) is 0 Å². The topological polar surface area (TPSA) is 70.6 Å². The number of Topliss-reactive ketones (excluding diaryl/α,β-unsaturated/α-hetero) is 1. The average Bonchev–Trinajstić information content (AvgIpc) is 3.02. The van der Waals surface area contributed by atoms with Gasteiger partial charge >= 0.3 is 6.18 Å². The number of hydrogen-bond donors (Lipinski definition) is 0. The molecule has 4 rings (SSSR count). The number of piperazine rings is 1. The fourth-order valence-corrected chi connectivity index (χ4v) is 9.05. The minimum absolute atomic E-state index is 0.00934. The van der Waals surface area contributed by atoms with E-state index in [2.05, 4.69) is 20.9 Å². The van der Waals surface area contributed by atoms with Gasteiger partial charge in [-0.3, -0.25) is 4.79 Å². The number of carbonyl (C=O) groups is 1. The molecule has 0 radical (unpaired) electrons. The minimum Gasteiger partial charge on any atom is -0.354 e. The zero-order chi connectivity index (χ0) is 22.8. The number of fused-ring (bicyclic) bond motifs is 2. The molecule has 0 aromatic carbocycles. The van der Waals surface area contributed by atoms with Crippen molar-refractivity contribution in [3.63, 3.8) is 0 Å². The zero-order valence-electron chi connectivity index (χ0n) is 17.3. The Hall–Kier alpha value is -1.20. The van der Waals surface area contributed by atoms with Crippen LogP contribution in [0.15, 0.2) is 18.3 Å². The molecule has 11 heteroatoms. The normalized spacial score (nSPS) is 31.4. The summed E-state index contributed by atoms with van der Waals surface area (Å²) in [7, 11) is -3.67. The van der Waals surface area contributed by atoms with Crippen LogP contribution < -0.4 is 4.90 Å². The zero-order valence-corrected chi connectivity index (χ0v) is 19.7. The highest BCUT2D eigenvalue weighted by Gasteiger charge is 2.69. The van der Waals surface area contributed by atoms with Crippen molar-refractivity contribution in [2.24, 2.45) is 16.7 Å². The number of ketones is 1. The van der Waals surface area contributed by atoms with E-state index >= 15 is 0 Å². The molecule has 3 fully saturated rings. The monoisotopic (exact) mass is 523 g/mol. The third-order valence-corrected chi connectivity index (χ3v) is 10.6. The quantitative estimate of drug-likeness (QED) is 0.566. The molecule has 3 aliphatic rings. The van der Waals surface area contributed by atoms with Crippen LogP contribution in [0.1, 0.15) is 32.3 Å². The summed E-state index contributed by atoms with van der Waals surface area (Å²) in [6.07, 6.45) is -2.24. The van der Waals surface area contributed by atoms with Crippen molar-refractivity contribution in [3.8, 4) is 0 Å². The summed E-state index contributed by atoms with van der Waals surface area (Å²) in [6.45, 7) is 5.05. The van der Waals surface area contributed by atoms with Gasteiger partial charge in [0.2, 0.25) is 10.0 Å². The first-order valence-electron chi connectivity index (χ1n) is 10.2. The van der Waals surface area contributed by atoms with E-state index in [0.29, 0.717) is 25.3 Å². The molecule has 1 unspecified atom stereocenters. The van der Waals surface area contributed by atoms with Gasteiger partial charge in [-0.25, -0.2) is 13.4 Å². The van der Waals surface area contributed by atoms with E-state index in [4.69, 9.17) is 0 Å². The molecule has 0 spiro atoms. The molecule has 0 N–H and O–H groups in total. The van der Waals surface area contributed by atoms with E-state index in [-0.39, 0.29) is 35.4 Å². The van der Waals surface area contributed by atoms with E-state index in [0.717, 1.165) is 18.7 Å². The second-order valence-corrected chi connectivity index (χ2v) is 12.2. The predicted octanol–water partition coefficient (Wildman–Crippen LogP) is 3.32. The van der Waals surface area contributed by atoms with Crippen molar-refractivity contribution in [2.75, 3.05) is 36.8 Å². The third-order valence-electron chi connectivity index (χ3n) is 7.58. The molecular weight excluding hydrogens is 499 g/mol. The highest BCUT2D eigenvalue weighted by molar-refractivity contribution is 9.10. The highest BCUT2D eigenvalue weighted by atomic mass is 79.9. The minimum atomic E-state index is -4.45. The van der Waals surface area contributed by atoms with Gasteiger partial charge in [-0.2, -0.15) is 17.5 Å². The molecule has 1 aromatic rings. The summed E-state index contributed by atoms with van der Waals surface area (Å²) in [4.78, 5) is 18.3. The molecule has 1 aliphatic heterocycles. The van der Waals surface area contributed by atoms with Gasteiger partial charge in [0.15, 0.2) is 5.78 Å². The molecule has 31 heavy (non-hydrogen) atoms. The van der Waals surface area contributed by atoms with Crippen molar-refractivity contribution >= 4 is 37.6 Å². The molecule has 0 amide bonds. The fraction of sp³-hybridized carbons (Fsp3) is 0.700. The largest absolute Gasteiger partial charge is 0.417 e. The Morgan fingerprint density at radius 2 is 1.84 bits per heavy atom. The summed E-state index contributed by atoms with van der Waals surface area (Å²) in [6, 6.07) is 2.28. The van der Waals surface area contributed by atoms with Crippen molar-refractivity contribution < 1.29 is 26.4 Å². The van der Waals surface area contributed by atoms with Gasteiger partial charge in [-0.15, -0.1) is 0 Å². The van der Waals surface area contributed by atoms with Crippen molar-refractivity contribution in [1.29, 1.82) is 0 Å². The van der Waals surface area contributed by atoms with Crippen LogP contribution in [0.2, 0.25) is 0 Å². The Morgan fingerprint density at radius 1 is 1.19 bits per heavy atom. The lowest BCUT2D eigenvalue weighted by molar-refractivity contribution is -0.137. The van der Waals surface area contributed by atoms with Gasteiger partial charge in [0.05, 0.1) is 21.6 Å². The van der Waals surface area contributed by atoms with Crippen LogP contribution in [0.4, 0.5) is 19.0 Å². The summed E-state index contributed by atoms with van der Waals surface area (Å²) in [5.41, 5.74) is -2.09. The lowest BCUT2D eigenvalue weighted by Crippen LogP contribution is -2.53. The first kappa shape index (κ1) is 23.0. The van der Waals surface area contributed by atoms with E-state index in [9.17, 15) is 26.4 Å². The molecule has 172 valence electrons. The molecule has 1 aromatic heterocycles. The molecule has 2 heterocycles. The number of hydrogen-bond acceptors (Lipinski definition) is 5. The summed E-state index contributed by atoms with van der Waals surface area (Å²) >= 11 is 3.48. The van der Waals surface area contributed by atoms with Crippen molar-refractivity contribution in [2.45, 2.75) is 37.7 Å². The number of rotatable bonds is 4. The molecule has 1 saturated heterocycles. The van der Waals surface area contributed by atoms with Gasteiger partial charge in [0.25, 0.3) is 0 Å². The Bertz CT molecular complexity index is 976. The maximum atomic E-state index is 13.3. The Labute approximate surface area is 188 Å². The van der Waals surface area contributed by atoms with Crippen LogP contribution in [-0.2, 0) is 21.0 Å².